The van der Waals surface area contributed by atoms with E-state index in [9.17, 15) is 0 Å². The number of hydrogen-bond acceptors (Lipinski definition) is 4. The molecule has 1 aromatic heterocycles. The van der Waals surface area contributed by atoms with Crippen molar-refractivity contribution in [2.75, 3.05) is 19.0 Å². The second-order valence-corrected chi connectivity index (χ2v) is 5.05. The summed E-state index contributed by atoms with van der Waals surface area (Å²) < 4.78 is 5.05. The fourth-order valence-electron chi connectivity index (χ4n) is 2.19. The minimum Gasteiger partial charge on any atom is -0.481 e. The number of ether oxygens (including phenoxy) is 1. The standard InChI is InChI=1S/C12H18ClN3O/c1-17-11-5-6-14-12(16-11)15-8-9-3-2-4-10(13)7-9/h5-6,9-10H,2-4,7-8H2,1H3,(H,14,15,16). The molecule has 17 heavy (non-hydrogen) atoms. The average molecular weight is 256 g/mol. The molecule has 2 rings (SSSR count). The molecule has 0 aliphatic heterocycles. The molecule has 0 spiro atoms. The minimum absolute atomic E-state index is 0.335. The Morgan fingerprint density at radius 2 is 2.41 bits per heavy atom. The van der Waals surface area contributed by atoms with Crippen molar-refractivity contribution in [2.45, 2.75) is 31.1 Å². The molecule has 1 heterocycles. The van der Waals surface area contributed by atoms with Crippen LogP contribution >= 0.6 is 11.6 Å². The van der Waals surface area contributed by atoms with Gasteiger partial charge in [-0.3, -0.25) is 0 Å². The second-order valence-electron chi connectivity index (χ2n) is 4.43. The molecule has 1 aliphatic carbocycles. The fourth-order valence-corrected chi connectivity index (χ4v) is 2.59. The van der Waals surface area contributed by atoms with Crippen LogP contribution in [0, 0.1) is 5.92 Å². The van der Waals surface area contributed by atoms with Crippen LogP contribution in [0.4, 0.5) is 5.95 Å². The zero-order valence-electron chi connectivity index (χ0n) is 10.0. The summed E-state index contributed by atoms with van der Waals surface area (Å²) >= 11 is 6.16. The van der Waals surface area contributed by atoms with Crippen molar-refractivity contribution in [3.8, 4) is 5.88 Å². The predicted octanol–water partition coefficient (Wildman–Crippen LogP) is 2.69. The normalized spacial score (nSPS) is 24.4. The lowest BCUT2D eigenvalue weighted by Crippen LogP contribution is -2.23. The maximum absolute atomic E-state index is 6.16. The molecule has 0 aromatic carbocycles. The first-order valence-electron chi connectivity index (χ1n) is 6.03. The number of nitrogens with one attached hydrogen (secondary N) is 1. The van der Waals surface area contributed by atoms with Crippen LogP contribution in [0.5, 0.6) is 5.88 Å². The van der Waals surface area contributed by atoms with Gasteiger partial charge in [-0.05, 0) is 25.2 Å². The summed E-state index contributed by atoms with van der Waals surface area (Å²) in [5.41, 5.74) is 0. The van der Waals surface area contributed by atoms with E-state index in [4.69, 9.17) is 16.3 Å². The van der Waals surface area contributed by atoms with E-state index in [2.05, 4.69) is 15.3 Å². The van der Waals surface area contributed by atoms with Gasteiger partial charge in [0.1, 0.15) is 0 Å². The van der Waals surface area contributed by atoms with Crippen LogP contribution in [0.3, 0.4) is 0 Å². The quantitative estimate of drug-likeness (QED) is 0.841. The Hall–Kier alpha value is -1.03. The zero-order valence-corrected chi connectivity index (χ0v) is 10.8. The molecule has 0 bridgehead atoms. The van der Waals surface area contributed by atoms with Crippen molar-refractivity contribution in [3.05, 3.63) is 12.3 Å². The smallest absolute Gasteiger partial charge is 0.225 e. The molecule has 2 unspecified atom stereocenters. The Labute approximate surface area is 107 Å². The van der Waals surface area contributed by atoms with Crippen LogP contribution in [0.2, 0.25) is 0 Å². The summed E-state index contributed by atoms with van der Waals surface area (Å²) in [6.07, 6.45) is 6.38. The highest BCUT2D eigenvalue weighted by molar-refractivity contribution is 6.20. The summed E-state index contributed by atoms with van der Waals surface area (Å²) in [6.45, 7) is 0.885. The first-order chi connectivity index (χ1) is 8.28. The Morgan fingerprint density at radius 3 is 3.18 bits per heavy atom. The molecule has 1 N–H and O–H groups in total. The van der Waals surface area contributed by atoms with Crippen LogP contribution in [0.25, 0.3) is 0 Å². The van der Waals surface area contributed by atoms with E-state index >= 15 is 0 Å². The van der Waals surface area contributed by atoms with Crippen LogP contribution in [-0.2, 0) is 0 Å². The lowest BCUT2D eigenvalue weighted by atomic mass is 9.89. The van der Waals surface area contributed by atoms with Gasteiger partial charge in [0, 0.05) is 24.2 Å². The monoisotopic (exact) mass is 255 g/mol. The van der Waals surface area contributed by atoms with Gasteiger partial charge in [-0.1, -0.05) is 6.42 Å². The molecule has 2 atom stereocenters. The van der Waals surface area contributed by atoms with Gasteiger partial charge in [-0.15, -0.1) is 11.6 Å². The van der Waals surface area contributed by atoms with Gasteiger partial charge in [0.05, 0.1) is 7.11 Å². The van der Waals surface area contributed by atoms with Gasteiger partial charge in [-0.25, -0.2) is 4.98 Å². The Balaban J connectivity index is 1.84. The van der Waals surface area contributed by atoms with Crippen molar-refractivity contribution < 1.29 is 4.74 Å². The summed E-state index contributed by atoms with van der Waals surface area (Å²) in [4.78, 5) is 8.37. The summed E-state index contributed by atoms with van der Waals surface area (Å²) in [7, 11) is 1.60. The highest BCUT2D eigenvalue weighted by Crippen LogP contribution is 2.27. The van der Waals surface area contributed by atoms with Crippen LogP contribution in [0.15, 0.2) is 12.3 Å². The number of nitrogens with zero attached hydrogens (tertiary/aromatic N) is 2. The Bertz CT molecular complexity index is 361. The third-order valence-electron chi connectivity index (χ3n) is 3.11. The van der Waals surface area contributed by atoms with E-state index in [0.717, 1.165) is 19.4 Å². The molecule has 0 radical (unpaired) electrons. The maximum Gasteiger partial charge on any atom is 0.225 e. The number of hydrogen-bond donors (Lipinski definition) is 1. The van der Waals surface area contributed by atoms with Crippen molar-refractivity contribution in [1.29, 1.82) is 0 Å². The van der Waals surface area contributed by atoms with Gasteiger partial charge in [-0.2, -0.15) is 4.98 Å². The molecule has 1 aliphatic rings. The lowest BCUT2D eigenvalue weighted by molar-refractivity contribution is 0.377. The first-order valence-corrected chi connectivity index (χ1v) is 6.46. The number of anilines is 1. The molecule has 1 aromatic rings. The van der Waals surface area contributed by atoms with Crippen LogP contribution < -0.4 is 10.1 Å². The zero-order chi connectivity index (χ0) is 12.1. The van der Waals surface area contributed by atoms with Crippen LogP contribution in [-0.4, -0.2) is 29.0 Å². The van der Waals surface area contributed by atoms with E-state index in [1.54, 1.807) is 19.4 Å². The van der Waals surface area contributed by atoms with E-state index in [-0.39, 0.29) is 0 Å². The fraction of sp³-hybridized carbons (Fsp3) is 0.667. The van der Waals surface area contributed by atoms with Gasteiger partial charge in [0.2, 0.25) is 11.8 Å². The molecule has 4 nitrogen and oxygen atoms in total. The summed E-state index contributed by atoms with van der Waals surface area (Å²) in [5, 5.41) is 3.58. The molecular formula is C12H18ClN3O. The first kappa shape index (κ1) is 12.4. The summed E-state index contributed by atoms with van der Waals surface area (Å²) in [5.74, 6) is 1.84. The van der Waals surface area contributed by atoms with Crippen LogP contribution in [0.1, 0.15) is 25.7 Å². The van der Waals surface area contributed by atoms with Gasteiger partial charge >= 0.3 is 0 Å². The Kier molecular flexibility index (Phi) is 4.42. The Morgan fingerprint density at radius 1 is 1.53 bits per heavy atom. The average Bonchev–Trinajstić information content (AvgIpc) is 2.37. The largest absolute Gasteiger partial charge is 0.481 e. The highest BCUT2D eigenvalue weighted by atomic mass is 35.5. The van der Waals surface area contributed by atoms with E-state index in [1.807, 2.05) is 0 Å². The SMILES string of the molecule is COc1ccnc(NCC2CCCC(Cl)C2)n1. The van der Waals surface area contributed by atoms with E-state index in [1.165, 1.54) is 12.8 Å². The maximum atomic E-state index is 6.16. The number of rotatable bonds is 4. The topological polar surface area (TPSA) is 47.0 Å². The highest BCUT2D eigenvalue weighted by Gasteiger charge is 2.20. The third-order valence-corrected chi connectivity index (χ3v) is 3.50. The number of methoxy groups -OCH3 is 1. The van der Waals surface area contributed by atoms with E-state index < -0.39 is 0 Å². The number of halogens is 1. The minimum atomic E-state index is 0.335. The van der Waals surface area contributed by atoms with Gasteiger partial charge < -0.3 is 10.1 Å². The van der Waals surface area contributed by atoms with Gasteiger partial charge in [0.15, 0.2) is 0 Å². The molecule has 1 fully saturated rings. The number of alkyl halides is 1. The molecule has 94 valence electrons. The van der Waals surface area contributed by atoms with Crippen molar-refractivity contribution in [3.63, 3.8) is 0 Å². The number of aromatic nitrogens is 2. The van der Waals surface area contributed by atoms with Crippen molar-refractivity contribution in [1.82, 2.24) is 9.97 Å². The molecule has 0 saturated heterocycles. The molecular weight excluding hydrogens is 238 g/mol. The van der Waals surface area contributed by atoms with Crippen molar-refractivity contribution in [2.24, 2.45) is 5.92 Å². The lowest BCUT2D eigenvalue weighted by Gasteiger charge is -2.25. The predicted molar refractivity (Wildman–Crippen MR) is 68.7 cm³/mol. The molecule has 5 heteroatoms. The van der Waals surface area contributed by atoms with E-state index in [0.29, 0.717) is 23.1 Å². The summed E-state index contributed by atoms with van der Waals surface area (Å²) in [6, 6.07) is 1.74. The van der Waals surface area contributed by atoms with Crippen molar-refractivity contribution >= 4 is 17.5 Å². The second kappa shape index (κ2) is 6.05. The third kappa shape index (κ3) is 3.73. The molecule has 1 saturated carbocycles. The molecule has 0 amide bonds. The van der Waals surface area contributed by atoms with Gasteiger partial charge in [0.25, 0.3) is 0 Å².